The van der Waals surface area contributed by atoms with Crippen LogP contribution >= 0.6 is 0 Å². The molecule has 0 aliphatic carbocycles. The Morgan fingerprint density at radius 3 is 2.13 bits per heavy atom. The summed E-state index contributed by atoms with van der Waals surface area (Å²) >= 11 is 0. The Morgan fingerprint density at radius 2 is 1.47 bits per heavy atom. The maximum absolute atomic E-state index is 12.8. The Kier molecular flexibility index (Phi) is 3.79. The molecule has 1 aliphatic heterocycles. The zero-order chi connectivity index (χ0) is 21.2. The number of hydrogen-bond donors (Lipinski definition) is 2. The molecule has 2 heterocycles. The molecule has 0 fully saturated rings. The van der Waals surface area contributed by atoms with Crippen LogP contribution in [-0.4, -0.2) is 45.2 Å². The first-order valence-corrected chi connectivity index (χ1v) is 9.17. The highest BCUT2D eigenvalue weighted by atomic mass is 16.5. The minimum Gasteiger partial charge on any atom is -0.497 e. The van der Waals surface area contributed by atoms with Gasteiger partial charge in [0.2, 0.25) is 5.75 Å². The minimum absolute atomic E-state index is 0.283. The van der Waals surface area contributed by atoms with Gasteiger partial charge in [0.1, 0.15) is 5.75 Å². The molecule has 4 aromatic rings. The molecular formula is C22H18N2O6. The summed E-state index contributed by atoms with van der Waals surface area (Å²) in [7, 11) is 6.12. The summed E-state index contributed by atoms with van der Waals surface area (Å²) in [6.45, 7) is 0. The van der Waals surface area contributed by atoms with E-state index in [1.807, 2.05) is 18.2 Å². The second kappa shape index (κ2) is 6.28. The lowest BCUT2D eigenvalue weighted by atomic mass is 9.93. The van der Waals surface area contributed by atoms with E-state index in [4.69, 9.17) is 18.9 Å². The Balaban J connectivity index is 2.12. The van der Waals surface area contributed by atoms with E-state index in [2.05, 4.69) is 10.3 Å². The van der Waals surface area contributed by atoms with Gasteiger partial charge >= 0.3 is 0 Å². The van der Waals surface area contributed by atoms with Crippen molar-refractivity contribution in [2.45, 2.75) is 0 Å². The number of carbonyl (C=O) groups is 2. The third kappa shape index (κ3) is 2.15. The van der Waals surface area contributed by atoms with E-state index in [-0.39, 0.29) is 5.56 Å². The van der Waals surface area contributed by atoms with E-state index in [0.29, 0.717) is 50.2 Å². The molecule has 0 spiro atoms. The fourth-order valence-electron chi connectivity index (χ4n) is 4.30. The number of aromatic amines is 1. The number of methoxy groups -OCH3 is 4. The quantitative estimate of drug-likeness (QED) is 0.504. The van der Waals surface area contributed by atoms with Crippen molar-refractivity contribution in [3.8, 4) is 23.0 Å². The zero-order valence-corrected chi connectivity index (χ0v) is 16.8. The number of fused-ring (bicyclic) bond motifs is 8. The molecular weight excluding hydrogens is 388 g/mol. The van der Waals surface area contributed by atoms with Crippen LogP contribution in [0.2, 0.25) is 0 Å². The van der Waals surface area contributed by atoms with E-state index < -0.39 is 11.8 Å². The largest absolute Gasteiger partial charge is 0.497 e. The van der Waals surface area contributed by atoms with Gasteiger partial charge in [0.25, 0.3) is 11.8 Å². The van der Waals surface area contributed by atoms with Crippen LogP contribution in [0.3, 0.4) is 0 Å². The first-order valence-electron chi connectivity index (χ1n) is 9.17. The fourth-order valence-corrected chi connectivity index (χ4v) is 4.30. The summed E-state index contributed by atoms with van der Waals surface area (Å²) in [5.74, 6) is 0.933. The average molecular weight is 406 g/mol. The normalized spacial score (nSPS) is 13.1. The number of ether oxygens (including phenoxy) is 4. The number of nitrogens with one attached hydrogen (secondary N) is 2. The van der Waals surface area contributed by atoms with Gasteiger partial charge in [-0.3, -0.25) is 14.9 Å². The lowest BCUT2D eigenvalue weighted by Crippen LogP contribution is -2.20. The second-order valence-electron chi connectivity index (χ2n) is 6.89. The monoisotopic (exact) mass is 406 g/mol. The predicted octanol–water partition coefficient (Wildman–Crippen LogP) is 3.39. The van der Waals surface area contributed by atoms with Crippen LogP contribution in [0.15, 0.2) is 24.3 Å². The number of aromatic nitrogens is 1. The fraction of sp³-hybridized carbons (Fsp3) is 0.182. The molecule has 2 N–H and O–H groups in total. The van der Waals surface area contributed by atoms with Crippen LogP contribution in [0.25, 0.3) is 32.6 Å². The van der Waals surface area contributed by atoms with Crippen LogP contribution < -0.4 is 24.3 Å². The summed E-state index contributed by atoms with van der Waals surface area (Å²) in [6, 6.07) is 7.23. The predicted molar refractivity (Wildman–Crippen MR) is 111 cm³/mol. The molecule has 0 unspecified atom stereocenters. The van der Waals surface area contributed by atoms with Crippen LogP contribution in [0.5, 0.6) is 23.0 Å². The van der Waals surface area contributed by atoms with Gasteiger partial charge in [0.05, 0.1) is 50.5 Å². The Labute approximate surface area is 170 Å². The molecule has 152 valence electrons. The third-order valence-corrected chi connectivity index (χ3v) is 5.54. The maximum Gasteiger partial charge on any atom is 0.259 e. The van der Waals surface area contributed by atoms with Gasteiger partial charge in [-0.05, 0) is 24.3 Å². The van der Waals surface area contributed by atoms with Crippen molar-refractivity contribution in [1.82, 2.24) is 10.3 Å². The van der Waals surface area contributed by atoms with Gasteiger partial charge in [-0.2, -0.15) is 0 Å². The molecule has 0 radical (unpaired) electrons. The highest BCUT2D eigenvalue weighted by Crippen LogP contribution is 2.49. The van der Waals surface area contributed by atoms with Crippen LogP contribution in [0.4, 0.5) is 0 Å². The summed E-state index contributed by atoms with van der Waals surface area (Å²) in [4.78, 5) is 29.0. The summed E-state index contributed by atoms with van der Waals surface area (Å²) in [5, 5.41) is 4.97. The molecule has 5 rings (SSSR count). The van der Waals surface area contributed by atoms with Crippen LogP contribution in [0.1, 0.15) is 20.7 Å². The highest BCUT2D eigenvalue weighted by Gasteiger charge is 2.35. The van der Waals surface area contributed by atoms with Gasteiger partial charge in [-0.15, -0.1) is 0 Å². The topological polar surface area (TPSA) is 98.9 Å². The molecule has 2 amide bonds. The summed E-state index contributed by atoms with van der Waals surface area (Å²) in [6.07, 6.45) is 0. The molecule has 0 saturated heterocycles. The number of H-pyrrole nitrogens is 1. The van der Waals surface area contributed by atoms with Gasteiger partial charge in [-0.25, -0.2) is 0 Å². The number of rotatable bonds is 4. The van der Waals surface area contributed by atoms with Crippen molar-refractivity contribution in [2.75, 3.05) is 28.4 Å². The van der Waals surface area contributed by atoms with E-state index in [9.17, 15) is 9.59 Å². The van der Waals surface area contributed by atoms with Crippen LogP contribution in [0, 0.1) is 0 Å². The van der Waals surface area contributed by atoms with Crippen molar-refractivity contribution in [3.63, 3.8) is 0 Å². The SMILES string of the molecule is COc1ccc2[nH]c3c4c(OC)c(OC)c(OC)cc4c4c(c3c2c1)C(=O)NC4=O. The number of carbonyl (C=O) groups excluding carboxylic acids is 2. The van der Waals surface area contributed by atoms with E-state index >= 15 is 0 Å². The Hall–Kier alpha value is -3.94. The van der Waals surface area contributed by atoms with E-state index in [1.54, 1.807) is 13.2 Å². The van der Waals surface area contributed by atoms with E-state index in [1.165, 1.54) is 21.3 Å². The number of hydrogen-bond acceptors (Lipinski definition) is 6. The number of amides is 2. The molecule has 8 heteroatoms. The average Bonchev–Trinajstić information content (AvgIpc) is 3.28. The first kappa shape index (κ1) is 18.1. The Morgan fingerprint density at radius 1 is 0.733 bits per heavy atom. The molecule has 3 aromatic carbocycles. The molecule has 0 atom stereocenters. The minimum atomic E-state index is -0.464. The highest BCUT2D eigenvalue weighted by molar-refractivity contribution is 6.37. The molecule has 30 heavy (non-hydrogen) atoms. The number of imide groups is 1. The van der Waals surface area contributed by atoms with Crippen molar-refractivity contribution in [3.05, 3.63) is 35.4 Å². The standard InChI is InChI=1S/C22H18N2O6/c1-27-9-5-6-12-10(7-9)14-17-15(21(25)24-22(17)26)11-8-13(28-2)19(29-3)20(30-4)16(11)18(14)23-12/h5-8,23H,1-4H3,(H,24,25,26). The molecule has 0 saturated carbocycles. The maximum atomic E-state index is 12.8. The summed E-state index contributed by atoms with van der Waals surface area (Å²) < 4.78 is 22.1. The van der Waals surface area contributed by atoms with Gasteiger partial charge in [0, 0.05) is 21.7 Å². The second-order valence-corrected chi connectivity index (χ2v) is 6.89. The molecule has 1 aromatic heterocycles. The van der Waals surface area contributed by atoms with Crippen molar-refractivity contribution in [2.24, 2.45) is 0 Å². The molecule has 0 bridgehead atoms. The summed E-state index contributed by atoms with van der Waals surface area (Å²) in [5.41, 5.74) is 2.06. The van der Waals surface area contributed by atoms with Crippen molar-refractivity contribution < 1.29 is 28.5 Å². The smallest absolute Gasteiger partial charge is 0.259 e. The van der Waals surface area contributed by atoms with Crippen molar-refractivity contribution in [1.29, 1.82) is 0 Å². The molecule has 1 aliphatic rings. The first-order chi connectivity index (χ1) is 14.5. The van der Waals surface area contributed by atoms with Gasteiger partial charge < -0.3 is 23.9 Å². The Bertz CT molecular complexity index is 1400. The molecule has 8 nitrogen and oxygen atoms in total. The zero-order valence-electron chi connectivity index (χ0n) is 16.8. The van der Waals surface area contributed by atoms with E-state index in [0.717, 1.165) is 10.9 Å². The lowest BCUT2D eigenvalue weighted by molar-refractivity contribution is 0.0880. The lowest BCUT2D eigenvalue weighted by Gasteiger charge is -2.17. The van der Waals surface area contributed by atoms with Crippen LogP contribution in [-0.2, 0) is 0 Å². The third-order valence-electron chi connectivity index (χ3n) is 5.54. The van der Waals surface area contributed by atoms with Gasteiger partial charge in [0.15, 0.2) is 11.5 Å². The van der Waals surface area contributed by atoms with Crippen molar-refractivity contribution >= 4 is 44.4 Å². The van der Waals surface area contributed by atoms with Gasteiger partial charge in [-0.1, -0.05) is 0 Å². The number of benzene rings is 3.